The maximum Gasteiger partial charge on any atom is 0.290 e. The largest absolute Gasteiger partial charge is 0.504 e. The molecule has 2 N–H and O–H groups in total. The second-order valence-electron chi connectivity index (χ2n) is 6.70. The van der Waals surface area contributed by atoms with Crippen molar-refractivity contribution in [2.24, 2.45) is 0 Å². The number of benzene rings is 1. The van der Waals surface area contributed by atoms with Gasteiger partial charge in [0.2, 0.25) is 5.78 Å². The van der Waals surface area contributed by atoms with Crippen molar-refractivity contribution in [2.75, 3.05) is 7.11 Å². The van der Waals surface area contributed by atoms with Crippen molar-refractivity contribution in [3.63, 3.8) is 0 Å². The van der Waals surface area contributed by atoms with Crippen LogP contribution in [0.1, 0.15) is 27.7 Å². The number of aliphatic hydroxyl groups is 1. The highest BCUT2D eigenvalue weighted by atomic mass is 16.5. The van der Waals surface area contributed by atoms with E-state index in [-0.39, 0.29) is 29.4 Å². The van der Waals surface area contributed by atoms with Crippen LogP contribution < -0.4 is 4.74 Å². The highest BCUT2D eigenvalue weighted by molar-refractivity contribution is 6.15. The van der Waals surface area contributed by atoms with Gasteiger partial charge in [-0.3, -0.25) is 14.6 Å². The maximum absolute atomic E-state index is 13.1. The van der Waals surface area contributed by atoms with Crippen molar-refractivity contribution in [3.8, 4) is 11.5 Å². The molecule has 1 amide bonds. The van der Waals surface area contributed by atoms with Crippen LogP contribution >= 0.6 is 0 Å². The summed E-state index contributed by atoms with van der Waals surface area (Å²) in [5.74, 6) is -1.84. The van der Waals surface area contributed by atoms with Crippen LogP contribution in [0.25, 0.3) is 0 Å². The fourth-order valence-electron chi connectivity index (χ4n) is 3.49. The summed E-state index contributed by atoms with van der Waals surface area (Å²) in [6, 6.07) is 10.1. The lowest BCUT2D eigenvalue weighted by Crippen LogP contribution is -2.30. The van der Waals surface area contributed by atoms with Gasteiger partial charge in [-0.15, -0.1) is 0 Å². The molecular weight excluding hydrogens is 388 g/mol. The smallest absolute Gasteiger partial charge is 0.290 e. The second kappa shape index (κ2) is 7.75. The molecule has 3 heterocycles. The van der Waals surface area contributed by atoms with Gasteiger partial charge in [0.25, 0.3) is 5.91 Å². The SMILES string of the molecule is COc1cc([C@@H]2C(C(=O)c3ccco3)=C(O)C(=O)N2Cc2cccnc2)ccc1O. The number of hydrogen-bond acceptors (Lipinski definition) is 7. The number of ketones is 1. The molecule has 0 radical (unpaired) electrons. The molecular formula is C22H18N2O6. The van der Waals surface area contributed by atoms with Crippen molar-refractivity contribution in [1.82, 2.24) is 9.88 Å². The van der Waals surface area contributed by atoms with E-state index in [0.717, 1.165) is 5.56 Å². The Kier molecular flexibility index (Phi) is 4.97. The predicted octanol–water partition coefficient (Wildman–Crippen LogP) is 3.17. The number of aromatic nitrogens is 1. The number of Topliss-reactive ketones (excluding diaryl/α,β-unsaturated/α-hetero) is 1. The molecule has 1 aromatic carbocycles. The molecule has 8 heteroatoms. The number of phenols is 1. The van der Waals surface area contributed by atoms with E-state index < -0.39 is 23.5 Å². The third kappa shape index (κ3) is 3.28. The summed E-state index contributed by atoms with van der Waals surface area (Å²) in [5, 5.41) is 20.6. The van der Waals surface area contributed by atoms with Crippen LogP contribution in [-0.4, -0.2) is 38.9 Å². The molecule has 1 aliphatic heterocycles. The normalized spacial score (nSPS) is 16.2. The van der Waals surface area contributed by atoms with Crippen LogP contribution in [0.15, 0.2) is 76.9 Å². The van der Waals surface area contributed by atoms with E-state index in [1.165, 1.54) is 36.5 Å². The fraction of sp³-hybridized carbons (Fsp3) is 0.136. The molecule has 0 unspecified atom stereocenters. The van der Waals surface area contributed by atoms with Crippen LogP contribution in [0.3, 0.4) is 0 Å². The molecule has 3 aromatic rings. The molecule has 152 valence electrons. The molecule has 0 spiro atoms. The first-order valence-electron chi connectivity index (χ1n) is 9.09. The van der Waals surface area contributed by atoms with Gasteiger partial charge in [0.1, 0.15) is 0 Å². The van der Waals surface area contributed by atoms with Crippen molar-refractivity contribution < 1.29 is 29.0 Å². The number of amides is 1. The van der Waals surface area contributed by atoms with Gasteiger partial charge in [-0.05, 0) is 41.5 Å². The van der Waals surface area contributed by atoms with Crippen LogP contribution in [0.2, 0.25) is 0 Å². The molecule has 0 saturated heterocycles. The minimum atomic E-state index is -0.912. The average Bonchev–Trinajstić information content (AvgIpc) is 3.38. The summed E-state index contributed by atoms with van der Waals surface area (Å²) in [5.41, 5.74) is 1.11. The van der Waals surface area contributed by atoms with Crippen LogP contribution in [0.4, 0.5) is 0 Å². The Morgan fingerprint density at radius 1 is 1.23 bits per heavy atom. The quantitative estimate of drug-likeness (QED) is 0.605. The molecule has 0 bridgehead atoms. The van der Waals surface area contributed by atoms with Crippen molar-refractivity contribution in [1.29, 1.82) is 0 Å². The average molecular weight is 406 g/mol. The summed E-state index contributed by atoms with van der Waals surface area (Å²) in [6.45, 7) is 0.111. The summed E-state index contributed by atoms with van der Waals surface area (Å²) in [6.07, 6.45) is 4.55. The number of phenolic OH excluding ortho intramolecular Hbond substituents is 1. The number of carbonyl (C=O) groups is 2. The number of hydrogen-bond donors (Lipinski definition) is 2. The zero-order chi connectivity index (χ0) is 21.3. The Hall–Kier alpha value is -4.07. The standard InChI is InChI=1S/C22H18N2O6/c1-29-17-10-14(6-7-15(17)25)19-18(20(26)16-5-3-9-30-16)21(27)22(28)24(19)12-13-4-2-8-23-11-13/h2-11,19,25,27H,12H2,1H3/t19-/m1/s1. The van der Waals surface area contributed by atoms with Gasteiger partial charge >= 0.3 is 0 Å². The molecule has 2 aromatic heterocycles. The van der Waals surface area contributed by atoms with Gasteiger partial charge in [0, 0.05) is 18.9 Å². The lowest BCUT2D eigenvalue weighted by Gasteiger charge is -2.27. The third-order valence-electron chi connectivity index (χ3n) is 4.89. The van der Waals surface area contributed by atoms with Crippen molar-refractivity contribution in [2.45, 2.75) is 12.6 Å². The second-order valence-corrected chi connectivity index (χ2v) is 6.70. The Balaban J connectivity index is 1.83. The summed E-state index contributed by atoms with van der Waals surface area (Å²) in [7, 11) is 1.40. The van der Waals surface area contributed by atoms with E-state index in [4.69, 9.17) is 9.15 Å². The summed E-state index contributed by atoms with van der Waals surface area (Å²) in [4.78, 5) is 31.4. The van der Waals surface area contributed by atoms with Crippen LogP contribution in [-0.2, 0) is 11.3 Å². The number of carbonyl (C=O) groups excluding carboxylic acids is 2. The van der Waals surface area contributed by atoms with Crippen LogP contribution in [0.5, 0.6) is 11.5 Å². The number of ether oxygens (including phenoxy) is 1. The lowest BCUT2D eigenvalue weighted by molar-refractivity contribution is -0.130. The highest BCUT2D eigenvalue weighted by Crippen LogP contribution is 2.42. The van der Waals surface area contributed by atoms with E-state index in [1.807, 2.05) is 0 Å². The van der Waals surface area contributed by atoms with E-state index in [9.17, 15) is 19.8 Å². The maximum atomic E-state index is 13.1. The monoisotopic (exact) mass is 406 g/mol. The van der Waals surface area contributed by atoms with E-state index in [1.54, 1.807) is 36.7 Å². The summed E-state index contributed by atoms with van der Waals surface area (Å²) >= 11 is 0. The molecule has 1 atom stereocenters. The number of aliphatic hydroxyl groups excluding tert-OH is 1. The molecule has 0 saturated carbocycles. The first-order chi connectivity index (χ1) is 14.5. The molecule has 0 aliphatic carbocycles. The number of aromatic hydroxyl groups is 1. The third-order valence-corrected chi connectivity index (χ3v) is 4.89. The predicted molar refractivity (Wildman–Crippen MR) is 105 cm³/mol. The molecule has 0 fully saturated rings. The molecule has 30 heavy (non-hydrogen) atoms. The van der Waals surface area contributed by atoms with Crippen molar-refractivity contribution in [3.05, 3.63) is 89.3 Å². The van der Waals surface area contributed by atoms with E-state index in [0.29, 0.717) is 5.56 Å². The first-order valence-corrected chi connectivity index (χ1v) is 9.09. The number of pyridine rings is 1. The Bertz CT molecular complexity index is 1120. The highest BCUT2D eigenvalue weighted by Gasteiger charge is 2.44. The number of rotatable bonds is 6. The zero-order valence-corrected chi connectivity index (χ0v) is 16.0. The van der Waals surface area contributed by atoms with Gasteiger partial charge in [-0.1, -0.05) is 12.1 Å². The van der Waals surface area contributed by atoms with Gasteiger partial charge < -0.3 is 24.3 Å². The minimum absolute atomic E-state index is 0.00308. The fourth-order valence-corrected chi connectivity index (χ4v) is 3.49. The Morgan fingerprint density at radius 3 is 2.73 bits per heavy atom. The molecule has 4 rings (SSSR count). The Labute approximate surface area is 171 Å². The van der Waals surface area contributed by atoms with Gasteiger partial charge in [0.05, 0.1) is 25.0 Å². The number of nitrogens with zero attached hydrogens (tertiary/aromatic N) is 2. The number of furan rings is 1. The minimum Gasteiger partial charge on any atom is -0.504 e. The van der Waals surface area contributed by atoms with E-state index in [2.05, 4.69) is 4.98 Å². The Morgan fingerprint density at radius 2 is 2.07 bits per heavy atom. The summed E-state index contributed by atoms with van der Waals surface area (Å²) < 4.78 is 10.4. The first kappa shape index (κ1) is 19.3. The van der Waals surface area contributed by atoms with Gasteiger partial charge in [-0.25, -0.2) is 0 Å². The molecule has 8 nitrogen and oxygen atoms in total. The van der Waals surface area contributed by atoms with Gasteiger partial charge in [0.15, 0.2) is 23.0 Å². The zero-order valence-electron chi connectivity index (χ0n) is 16.0. The molecule has 1 aliphatic rings. The van der Waals surface area contributed by atoms with E-state index >= 15 is 0 Å². The van der Waals surface area contributed by atoms with Crippen molar-refractivity contribution >= 4 is 11.7 Å². The van der Waals surface area contributed by atoms with Crippen LogP contribution in [0, 0.1) is 0 Å². The topological polar surface area (TPSA) is 113 Å². The van der Waals surface area contributed by atoms with Gasteiger partial charge in [-0.2, -0.15) is 0 Å². The number of methoxy groups -OCH3 is 1. The lowest BCUT2D eigenvalue weighted by atomic mass is 9.94.